The van der Waals surface area contributed by atoms with Crippen molar-refractivity contribution < 1.29 is 21.7 Å². The smallest absolute Gasteiger partial charge is 0.330 e. The van der Waals surface area contributed by atoms with Gasteiger partial charge in [0.1, 0.15) is 0 Å². The molecule has 0 saturated carbocycles. The molecule has 2 rings (SSSR count). The predicted molar refractivity (Wildman–Crippen MR) is 180 cm³/mol. The van der Waals surface area contributed by atoms with Crippen LogP contribution in [0, 0.1) is 5.92 Å². The van der Waals surface area contributed by atoms with Crippen LogP contribution in [0.1, 0.15) is 142 Å². The molecule has 0 unspecified atom stereocenters. The van der Waals surface area contributed by atoms with Crippen molar-refractivity contribution in [2.45, 2.75) is 130 Å². The van der Waals surface area contributed by atoms with Gasteiger partial charge in [-0.1, -0.05) is 209 Å². The molecule has 0 aliphatic rings. The maximum atomic E-state index is 5.39. The fourth-order valence-electron chi connectivity index (χ4n) is 4.25. The topological polar surface area (TPSA) is 26.0 Å². The van der Waals surface area contributed by atoms with Crippen LogP contribution in [0.5, 0.6) is 0 Å². The van der Waals surface area contributed by atoms with Gasteiger partial charge in [0.05, 0.1) is 0 Å². The first-order chi connectivity index (χ1) is 19.1. The molecule has 0 bridgehead atoms. The summed E-state index contributed by atoms with van der Waals surface area (Å²) in [5.74, 6) is 0.903. The Labute approximate surface area is 265 Å². The van der Waals surface area contributed by atoms with E-state index >= 15 is 0 Å². The summed E-state index contributed by atoms with van der Waals surface area (Å²) in [7, 11) is 0. The van der Waals surface area contributed by atoms with Gasteiger partial charge in [-0.15, -0.1) is 0 Å². The summed E-state index contributed by atoms with van der Waals surface area (Å²) in [6, 6.07) is 20.6. The minimum atomic E-state index is 0. The van der Waals surface area contributed by atoms with E-state index in [0.29, 0.717) is 0 Å². The van der Waals surface area contributed by atoms with Crippen molar-refractivity contribution in [1.82, 2.24) is 0 Å². The molecule has 0 fully saturated rings. The standard InChI is InChI=1S/C16H14.C12H26.C10H23N.Ti/c1-3-9-15(10-4-1)13-7-8-14-16-11-5-2-6-12-16;1-4-5-6-7-8-9-10-11-12(2)3;1-2-3-4-5-6-7-8-9-10-11;/h1-14H;12H,4-11H2,1-3H3;2-11H2,1H3;/q;;;+2. The molecule has 2 N–H and O–H groups in total. The SMILES string of the molecule is C(C=Cc1ccccc1)=Cc1ccccc1.CCCCCCCCCC(C)C.CCCCCCCCCCN.[Ti+2]. The quantitative estimate of drug-likeness (QED) is 0.0996. The Morgan fingerprint density at radius 3 is 1.23 bits per heavy atom. The first-order valence-corrected chi connectivity index (χ1v) is 16.3. The van der Waals surface area contributed by atoms with Crippen molar-refractivity contribution >= 4 is 12.2 Å². The molecule has 222 valence electrons. The molecule has 0 radical (unpaired) electrons. The minimum absolute atomic E-state index is 0. The summed E-state index contributed by atoms with van der Waals surface area (Å²) < 4.78 is 0. The van der Waals surface area contributed by atoms with E-state index in [4.69, 9.17) is 5.73 Å². The molecule has 0 atom stereocenters. The van der Waals surface area contributed by atoms with Gasteiger partial charge in [-0.05, 0) is 30.0 Å². The summed E-state index contributed by atoms with van der Waals surface area (Å²) in [4.78, 5) is 0. The zero-order valence-electron chi connectivity index (χ0n) is 26.8. The van der Waals surface area contributed by atoms with E-state index < -0.39 is 0 Å². The molecule has 0 aromatic heterocycles. The van der Waals surface area contributed by atoms with E-state index in [-0.39, 0.29) is 21.7 Å². The van der Waals surface area contributed by atoms with Crippen LogP contribution in [0.25, 0.3) is 12.2 Å². The zero-order chi connectivity index (χ0) is 28.7. The maximum Gasteiger partial charge on any atom is 2.00 e. The number of unbranched alkanes of at least 4 members (excludes halogenated alkanes) is 13. The third-order valence-electron chi connectivity index (χ3n) is 6.73. The van der Waals surface area contributed by atoms with Crippen LogP contribution in [0.4, 0.5) is 0 Å². The van der Waals surface area contributed by atoms with Crippen LogP contribution in [-0.2, 0) is 21.7 Å². The summed E-state index contributed by atoms with van der Waals surface area (Å²) in [6.45, 7) is 10.0. The molecular weight excluding hydrogens is 518 g/mol. The molecular formula is C38H63NTi+2. The Morgan fingerprint density at radius 2 is 0.875 bits per heavy atom. The third-order valence-corrected chi connectivity index (χ3v) is 6.73. The third kappa shape index (κ3) is 31.1. The molecule has 2 heteroatoms. The first kappa shape index (κ1) is 40.7. The van der Waals surface area contributed by atoms with E-state index in [1.54, 1.807) is 0 Å². The van der Waals surface area contributed by atoms with Gasteiger partial charge in [-0.2, -0.15) is 0 Å². The van der Waals surface area contributed by atoms with Crippen LogP contribution in [0.2, 0.25) is 0 Å². The van der Waals surface area contributed by atoms with E-state index in [1.807, 2.05) is 36.4 Å². The second-order valence-electron chi connectivity index (χ2n) is 11.1. The first-order valence-electron chi connectivity index (χ1n) is 16.3. The summed E-state index contributed by atoms with van der Waals surface area (Å²) in [5, 5.41) is 0. The van der Waals surface area contributed by atoms with Crippen LogP contribution in [-0.4, -0.2) is 6.54 Å². The van der Waals surface area contributed by atoms with Crippen molar-refractivity contribution in [3.8, 4) is 0 Å². The Morgan fingerprint density at radius 1 is 0.525 bits per heavy atom. The zero-order valence-corrected chi connectivity index (χ0v) is 28.3. The van der Waals surface area contributed by atoms with Crippen LogP contribution in [0.15, 0.2) is 72.8 Å². The average molecular weight is 582 g/mol. The molecule has 40 heavy (non-hydrogen) atoms. The van der Waals surface area contributed by atoms with Crippen LogP contribution < -0.4 is 5.73 Å². The Hall–Kier alpha value is -1.41. The average Bonchev–Trinajstić information content (AvgIpc) is 2.96. The second kappa shape index (κ2) is 33.8. The molecule has 0 heterocycles. The van der Waals surface area contributed by atoms with E-state index in [2.05, 4.69) is 76.3 Å². The number of rotatable bonds is 19. The second-order valence-corrected chi connectivity index (χ2v) is 11.1. The fraction of sp³-hybridized carbons (Fsp3) is 0.579. The summed E-state index contributed by atoms with van der Waals surface area (Å²) in [6.07, 6.45) is 30.8. The number of benzene rings is 2. The normalized spacial score (nSPS) is 10.7. The molecule has 0 spiro atoms. The monoisotopic (exact) mass is 581 g/mol. The van der Waals surface area contributed by atoms with Crippen molar-refractivity contribution in [2.24, 2.45) is 11.7 Å². The van der Waals surface area contributed by atoms with E-state index in [0.717, 1.165) is 12.5 Å². The molecule has 0 amide bonds. The molecule has 0 saturated heterocycles. The van der Waals surface area contributed by atoms with Crippen LogP contribution in [0.3, 0.4) is 0 Å². The molecule has 0 aliphatic heterocycles. The van der Waals surface area contributed by atoms with Gasteiger partial charge in [-0.25, -0.2) is 0 Å². The van der Waals surface area contributed by atoms with Gasteiger partial charge >= 0.3 is 21.7 Å². The molecule has 2 aromatic carbocycles. The number of nitrogens with two attached hydrogens (primary N) is 1. The van der Waals surface area contributed by atoms with Crippen molar-refractivity contribution in [2.75, 3.05) is 6.54 Å². The maximum absolute atomic E-state index is 5.39. The van der Waals surface area contributed by atoms with Gasteiger partial charge < -0.3 is 5.73 Å². The van der Waals surface area contributed by atoms with Gasteiger partial charge in [0, 0.05) is 0 Å². The van der Waals surface area contributed by atoms with Gasteiger partial charge in [0.25, 0.3) is 0 Å². The predicted octanol–water partition coefficient (Wildman–Crippen LogP) is 12.3. The van der Waals surface area contributed by atoms with Gasteiger partial charge in [0.2, 0.25) is 0 Å². The van der Waals surface area contributed by atoms with Crippen molar-refractivity contribution in [3.63, 3.8) is 0 Å². The summed E-state index contributed by atoms with van der Waals surface area (Å²) >= 11 is 0. The van der Waals surface area contributed by atoms with Crippen molar-refractivity contribution in [3.05, 3.63) is 83.9 Å². The number of hydrogen-bond donors (Lipinski definition) is 1. The Balaban J connectivity index is 0. The molecule has 1 nitrogen and oxygen atoms in total. The fourth-order valence-corrected chi connectivity index (χ4v) is 4.25. The summed E-state index contributed by atoms with van der Waals surface area (Å²) in [5.41, 5.74) is 7.84. The number of allylic oxidation sites excluding steroid dienone is 2. The van der Waals surface area contributed by atoms with Gasteiger partial charge in [-0.3, -0.25) is 0 Å². The molecule has 0 aliphatic carbocycles. The van der Waals surface area contributed by atoms with Crippen molar-refractivity contribution in [1.29, 1.82) is 0 Å². The van der Waals surface area contributed by atoms with Crippen LogP contribution >= 0.6 is 0 Å². The van der Waals surface area contributed by atoms with Gasteiger partial charge in [0.15, 0.2) is 0 Å². The van der Waals surface area contributed by atoms with E-state index in [9.17, 15) is 0 Å². The number of hydrogen-bond acceptors (Lipinski definition) is 1. The van der Waals surface area contributed by atoms with E-state index in [1.165, 1.54) is 114 Å². The Kier molecular flexibility index (Phi) is 34.4. The minimum Gasteiger partial charge on any atom is -0.330 e. The molecule has 2 aromatic rings. The Bertz CT molecular complexity index is 711. The largest absolute Gasteiger partial charge is 2.00 e.